The van der Waals surface area contributed by atoms with E-state index >= 15 is 0 Å². The number of nitrogens with zero attached hydrogens (tertiary/aromatic N) is 1. The molecule has 1 N–H and O–H groups in total. The first kappa shape index (κ1) is 15.1. The molecule has 0 atom stereocenters. The lowest BCUT2D eigenvalue weighted by Crippen LogP contribution is -2.28. The molecule has 2 aromatic rings. The van der Waals surface area contributed by atoms with E-state index in [4.69, 9.17) is 26.5 Å². The van der Waals surface area contributed by atoms with Crippen LogP contribution in [0.5, 0.6) is 11.5 Å². The monoisotopic (exact) mass is 358 g/mol. The van der Waals surface area contributed by atoms with Crippen molar-refractivity contribution < 1.29 is 14.3 Å². The van der Waals surface area contributed by atoms with Crippen molar-refractivity contribution in [3.05, 3.63) is 58.0 Å². The summed E-state index contributed by atoms with van der Waals surface area (Å²) in [4.78, 5) is 14.5. The Labute approximate surface area is 147 Å². The Hall–Kier alpha value is -2.44. The van der Waals surface area contributed by atoms with Gasteiger partial charge in [0.05, 0.1) is 10.6 Å². The van der Waals surface area contributed by atoms with Crippen LogP contribution >= 0.6 is 23.4 Å². The van der Waals surface area contributed by atoms with Crippen LogP contribution in [0.15, 0.2) is 47.4 Å². The van der Waals surface area contributed by atoms with Crippen LogP contribution in [0.25, 0.3) is 6.08 Å². The third-order valence-corrected chi connectivity index (χ3v) is 4.75. The Kier molecular flexibility index (Phi) is 3.70. The number of carbonyl (C=O) groups is 1. The van der Waals surface area contributed by atoms with E-state index in [1.54, 1.807) is 36.4 Å². The molecule has 0 radical (unpaired) electrons. The molecule has 0 unspecified atom stereocenters. The Morgan fingerprint density at radius 1 is 1.12 bits per heavy atom. The van der Waals surface area contributed by atoms with E-state index in [0.29, 0.717) is 27.1 Å². The van der Waals surface area contributed by atoms with E-state index in [-0.39, 0.29) is 17.9 Å². The van der Waals surface area contributed by atoms with E-state index in [9.17, 15) is 4.79 Å². The second-order valence-electron chi connectivity index (χ2n) is 5.15. The zero-order valence-electron chi connectivity index (χ0n) is 12.3. The van der Waals surface area contributed by atoms with Gasteiger partial charge in [0, 0.05) is 11.1 Å². The highest BCUT2D eigenvalue weighted by molar-refractivity contribution is 8.19. The summed E-state index contributed by atoms with van der Waals surface area (Å²) in [6, 6.07) is 12.4. The Morgan fingerprint density at radius 2 is 1.88 bits per heavy atom. The molecule has 1 fully saturated rings. The topological polar surface area (TPSA) is 62.6 Å². The van der Waals surface area contributed by atoms with Crippen LogP contribution in [0, 0.1) is 5.41 Å². The molecule has 0 saturated carbocycles. The van der Waals surface area contributed by atoms with Crippen molar-refractivity contribution in [1.29, 1.82) is 5.41 Å². The highest BCUT2D eigenvalue weighted by Gasteiger charge is 2.34. The maximum absolute atomic E-state index is 12.7. The summed E-state index contributed by atoms with van der Waals surface area (Å²) in [6.45, 7) is 0.167. The number of nitrogens with one attached hydrogen (secondary N) is 1. The average Bonchev–Trinajstić information content (AvgIpc) is 3.14. The maximum Gasteiger partial charge on any atom is 0.271 e. The summed E-state index contributed by atoms with van der Waals surface area (Å²) < 4.78 is 10.6. The molecule has 24 heavy (non-hydrogen) atoms. The molecule has 1 saturated heterocycles. The molecule has 0 aliphatic carbocycles. The predicted octanol–water partition coefficient (Wildman–Crippen LogP) is 4.12. The highest BCUT2D eigenvalue weighted by atomic mass is 35.5. The van der Waals surface area contributed by atoms with E-state index in [0.717, 1.165) is 17.3 Å². The second kappa shape index (κ2) is 5.89. The van der Waals surface area contributed by atoms with Gasteiger partial charge in [-0.1, -0.05) is 23.7 Å². The fourth-order valence-corrected chi connectivity index (χ4v) is 3.44. The van der Waals surface area contributed by atoms with Crippen molar-refractivity contribution in [3.8, 4) is 11.5 Å². The van der Waals surface area contributed by atoms with Crippen LogP contribution in [-0.2, 0) is 4.79 Å². The number of amidine groups is 1. The summed E-state index contributed by atoms with van der Waals surface area (Å²) in [5.74, 6) is 0.980. The Morgan fingerprint density at radius 3 is 2.67 bits per heavy atom. The molecule has 2 heterocycles. The number of anilines is 1. The third kappa shape index (κ3) is 2.64. The number of benzene rings is 2. The number of halogens is 1. The lowest BCUT2D eigenvalue weighted by atomic mass is 10.2. The zero-order valence-corrected chi connectivity index (χ0v) is 13.9. The average molecular weight is 359 g/mol. The SMILES string of the molecule is N=C1SC(=Cc2ccc(Cl)cc2)C(=O)N1c1ccc2c(c1)OCO2. The number of fused-ring (bicyclic) bond motifs is 1. The van der Waals surface area contributed by atoms with Gasteiger partial charge < -0.3 is 9.47 Å². The van der Waals surface area contributed by atoms with Crippen LogP contribution in [0.3, 0.4) is 0 Å². The first-order valence-corrected chi connectivity index (χ1v) is 8.29. The van der Waals surface area contributed by atoms with E-state index in [1.807, 2.05) is 12.1 Å². The van der Waals surface area contributed by atoms with Gasteiger partial charge in [-0.3, -0.25) is 15.1 Å². The van der Waals surface area contributed by atoms with Crippen molar-refractivity contribution in [2.24, 2.45) is 0 Å². The first-order chi connectivity index (χ1) is 11.6. The van der Waals surface area contributed by atoms with Gasteiger partial charge in [-0.15, -0.1) is 0 Å². The number of carbonyl (C=O) groups excluding carboxylic acids is 1. The van der Waals surface area contributed by atoms with Gasteiger partial charge in [-0.2, -0.15) is 0 Å². The van der Waals surface area contributed by atoms with Crippen LogP contribution in [0.2, 0.25) is 5.02 Å². The van der Waals surface area contributed by atoms with E-state index in [2.05, 4.69) is 0 Å². The zero-order chi connectivity index (χ0) is 16.7. The standard InChI is InChI=1S/C17H11ClN2O3S/c18-11-3-1-10(2-4-11)7-15-16(21)20(17(19)24-15)12-5-6-13-14(8-12)23-9-22-13/h1-8,19H,9H2. The van der Waals surface area contributed by atoms with Crippen molar-refractivity contribution in [1.82, 2.24) is 0 Å². The number of rotatable bonds is 2. The van der Waals surface area contributed by atoms with Gasteiger partial charge in [0.15, 0.2) is 16.7 Å². The van der Waals surface area contributed by atoms with Gasteiger partial charge >= 0.3 is 0 Å². The maximum atomic E-state index is 12.7. The fraction of sp³-hybridized carbons (Fsp3) is 0.0588. The van der Waals surface area contributed by atoms with Crippen LogP contribution in [0.1, 0.15) is 5.56 Å². The molecule has 0 aromatic heterocycles. The van der Waals surface area contributed by atoms with Crippen LogP contribution < -0.4 is 14.4 Å². The van der Waals surface area contributed by atoms with Crippen molar-refractivity contribution in [2.45, 2.75) is 0 Å². The molecule has 0 bridgehead atoms. The Bertz CT molecular complexity index is 880. The normalized spacial score (nSPS) is 17.9. The summed E-state index contributed by atoms with van der Waals surface area (Å²) in [5, 5.41) is 8.92. The lowest BCUT2D eigenvalue weighted by Gasteiger charge is -2.14. The van der Waals surface area contributed by atoms with Crippen molar-refractivity contribution in [2.75, 3.05) is 11.7 Å². The number of amides is 1. The van der Waals surface area contributed by atoms with E-state index in [1.165, 1.54) is 4.90 Å². The molecule has 0 spiro atoms. The molecule has 4 rings (SSSR count). The number of ether oxygens (including phenoxy) is 2. The molecule has 7 heteroatoms. The molecule has 2 aliphatic rings. The molecule has 2 aromatic carbocycles. The summed E-state index contributed by atoms with van der Waals surface area (Å²) in [6.07, 6.45) is 1.75. The molecular formula is C17H11ClN2O3S. The van der Waals surface area contributed by atoms with Gasteiger partial charge in [-0.25, -0.2) is 0 Å². The quantitative estimate of drug-likeness (QED) is 0.820. The molecule has 2 aliphatic heterocycles. The van der Waals surface area contributed by atoms with Crippen molar-refractivity contribution >= 4 is 46.2 Å². The summed E-state index contributed by atoms with van der Waals surface area (Å²) in [5.41, 5.74) is 1.44. The van der Waals surface area contributed by atoms with Crippen LogP contribution in [-0.4, -0.2) is 17.9 Å². The second-order valence-corrected chi connectivity index (χ2v) is 6.61. The molecular weight excluding hydrogens is 348 g/mol. The lowest BCUT2D eigenvalue weighted by molar-refractivity contribution is -0.113. The van der Waals surface area contributed by atoms with Gasteiger partial charge in [0.2, 0.25) is 6.79 Å². The molecule has 120 valence electrons. The van der Waals surface area contributed by atoms with Crippen LogP contribution in [0.4, 0.5) is 5.69 Å². The molecule has 1 amide bonds. The fourth-order valence-electron chi connectivity index (χ4n) is 2.46. The highest BCUT2D eigenvalue weighted by Crippen LogP contribution is 2.40. The van der Waals surface area contributed by atoms with Crippen molar-refractivity contribution in [3.63, 3.8) is 0 Å². The number of thioether (sulfide) groups is 1. The summed E-state index contributed by atoms with van der Waals surface area (Å²) >= 11 is 7.00. The minimum Gasteiger partial charge on any atom is -0.454 e. The number of hydrogen-bond donors (Lipinski definition) is 1. The smallest absolute Gasteiger partial charge is 0.271 e. The molecule has 5 nitrogen and oxygen atoms in total. The minimum absolute atomic E-state index is 0.152. The third-order valence-electron chi connectivity index (χ3n) is 3.61. The van der Waals surface area contributed by atoms with Gasteiger partial charge in [0.25, 0.3) is 5.91 Å². The largest absolute Gasteiger partial charge is 0.454 e. The minimum atomic E-state index is -0.237. The Balaban J connectivity index is 1.65. The first-order valence-electron chi connectivity index (χ1n) is 7.09. The van der Waals surface area contributed by atoms with Gasteiger partial charge in [-0.05, 0) is 47.7 Å². The van der Waals surface area contributed by atoms with E-state index < -0.39 is 0 Å². The summed E-state index contributed by atoms with van der Waals surface area (Å²) in [7, 11) is 0. The number of hydrogen-bond acceptors (Lipinski definition) is 5. The predicted molar refractivity (Wildman–Crippen MR) is 94.8 cm³/mol. The van der Waals surface area contributed by atoms with Gasteiger partial charge in [0.1, 0.15) is 0 Å².